The summed E-state index contributed by atoms with van der Waals surface area (Å²) in [6, 6.07) is 8.22. The highest BCUT2D eigenvalue weighted by Crippen LogP contribution is 2.03. The van der Waals surface area contributed by atoms with E-state index in [4.69, 9.17) is 10.6 Å². The first kappa shape index (κ1) is 10.9. The third-order valence-electron chi connectivity index (χ3n) is 1.84. The van der Waals surface area contributed by atoms with Crippen LogP contribution in [0.4, 0.5) is 0 Å². The van der Waals surface area contributed by atoms with Gasteiger partial charge in [-0.05, 0) is 10.8 Å². The van der Waals surface area contributed by atoms with Gasteiger partial charge in [-0.15, -0.1) is 5.53 Å². The fourth-order valence-corrected chi connectivity index (χ4v) is 1.13. The number of carboxylic acids is 1. The van der Waals surface area contributed by atoms with E-state index in [1.54, 1.807) is 0 Å². The summed E-state index contributed by atoms with van der Waals surface area (Å²) in [5, 5.41) is 11.9. The number of azide groups is 1. The van der Waals surface area contributed by atoms with E-state index >= 15 is 0 Å². The van der Waals surface area contributed by atoms with Crippen LogP contribution in [-0.4, -0.2) is 17.1 Å². The van der Waals surface area contributed by atoms with Gasteiger partial charge < -0.3 is 5.11 Å². The van der Waals surface area contributed by atoms with Crippen LogP contribution in [0.25, 0.3) is 10.4 Å². The van der Waals surface area contributed by atoms with E-state index in [0.717, 1.165) is 5.56 Å². The summed E-state index contributed by atoms with van der Waals surface area (Å²) < 4.78 is 0. The third-order valence-corrected chi connectivity index (χ3v) is 1.84. The first-order valence-electron chi connectivity index (χ1n) is 4.30. The molecular weight excluding hydrogens is 196 g/mol. The molecule has 2 N–H and O–H groups in total. The molecule has 1 atom stereocenters. The summed E-state index contributed by atoms with van der Waals surface area (Å²) in [7, 11) is 0. The number of carboxylic acid groups (broad SMARTS) is 1. The Hall–Kier alpha value is -2.20. The normalized spacial score (nSPS) is 11.2. The molecule has 0 unspecified atom stereocenters. The molecule has 6 heteroatoms. The summed E-state index contributed by atoms with van der Waals surface area (Å²) in [5.41, 5.74) is 11.2. The smallest absolute Gasteiger partial charge is 0.349 e. The number of rotatable bonds is 5. The van der Waals surface area contributed by atoms with Gasteiger partial charge in [0.15, 0.2) is 6.04 Å². The van der Waals surface area contributed by atoms with Gasteiger partial charge in [-0.2, -0.15) is 4.91 Å². The van der Waals surface area contributed by atoms with Crippen LogP contribution < -0.4 is 5.43 Å². The SMILES string of the molecule is [N-]=[N+]=NN[C@H](Cc1ccccc1)C(=O)O. The molecule has 0 aliphatic heterocycles. The first-order valence-corrected chi connectivity index (χ1v) is 4.30. The van der Waals surface area contributed by atoms with Crippen molar-refractivity contribution in [2.45, 2.75) is 12.5 Å². The molecule has 0 bridgehead atoms. The zero-order valence-corrected chi connectivity index (χ0v) is 7.87. The minimum absolute atomic E-state index is 0.273. The maximum Gasteiger partial charge on any atom is 0.349 e. The molecule has 0 aliphatic carbocycles. The second-order valence-corrected chi connectivity index (χ2v) is 2.90. The van der Waals surface area contributed by atoms with Crippen molar-refractivity contribution in [2.75, 3.05) is 0 Å². The lowest BCUT2D eigenvalue weighted by Gasteiger charge is -2.07. The predicted octanol–water partition coefficient (Wildman–Crippen LogP) is 1.50. The Labute approximate surface area is 86.1 Å². The molecular formula is C9H10N4O2. The largest absolute Gasteiger partial charge is 0.478 e. The highest BCUT2D eigenvalue weighted by molar-refractivity contribution is 5.73. The molecule has 78 valence electrons. The third kappa shape index (κ3) is 3.58. The Kier molecular flexibility index (Phi) is 4.00. The van der Waals surface area contributed by atoms with Crippen molar-refractivity contribution in [1.29, 1.82) is 0 Å². The number of aliphatic carboxylic acids is 1. The molecule has 1 rings (SSSR count). The Morgan fingerprint density at radius 2 is 2.20 bits per heavy atom. The molecule has 0 amide bonds. The minimum Gasteiger partial charge on any atom is -0.478 e. The van der Waals surface area contributed by atoms with Gasteiger partial charge in [-0.1, -0.05) is 30.3 Å². The minimum atomic E-state index is -1.05. The van der Waals surface area contributed by atoms with Crippen molar-refractivity contribution in [3.8, 4) is 0 Å². The maximum atomic E-state index is 10.8. The average Bonchev–Trinajstić information content (AvgIpc) is 2.25. The number of nitrogens with one attached hydrogen (secondary N) is 1. The fourth-order valence-electron chi connectivity index (χ4n) is 1.13. The van der Waals surface area contributed by atoms with E-state index < -0.39 is 12.0 Å². The number of carbonyl (C=O) groups is 1. The second-order valence-electron chi connectivity index (χ2n) is 2.90. The highest BCUT2D eigenvalue weighted by atomic mass is 16.4. The van der Waals surface area contributed by atoms with Crippen molar-refractivity contribution >= 4 is 5.97 Å². The van der Waals surface area contributed by atoms with Crippen molar-refractivity contribution in [3.05, 3.63) is 46.3 Å². The van der Waals surface area contributed by atoms with Crippen molar-refractivity contribution in [1.82, 2.24) is 5.43 Å². The van der Waals surface area contributed by atoms with Gasteiger partial charge in [-0.25, -0.2) is 10.2 Å². The zero-order chi connectivity index (χ0) is 11.1. The van der Waals surface area contributed by atoms with Crippen molar-refractivity contribution in [2.24, 2.45) is 5.22 Å². The van der Waals surface area contributed by atoms with Crippen molar-refractivity contribution < 1.29 is 9.90 Å². The molecule has 0 aromatic heterocycles. The van der Waals surface area contributed by atoms with Gasteiger partial charge >= 0.3 is 5.97 Å². The summed E-state index contributed by atoms with van der Waals surface area (Å²) in [6.07, 6.45) is 0.273. The molecule has 0 spiro atoms. The van der Waals surface area contributed by atoms with Gasteiger partial charge in [0.1, 0.15) is 0 Å². The first-order chi connectivity index (χ1) is 7.24. The monoisotopic (exact) mass is 206 g/mol. The molecule has 1 aromatic carbocycles. The lowest BCUT2D eigenvalue weighted by molar-refractivity contribution is -0.139. The van der Waals surface area contributed by atoms with E-state index in [0.29, 0.717) is 0 Å². The Morgan fingerprint density at radius 1 is 1.53 bits per heavy atom. The molecule has 15 heavy (non-hydrogen) atoms. The van der Waals surface area contributed by atoms with E-state index in [9.17, 15) is 4.79 Å². The van der Waals surface area contributed by atoms with E-state index in [1.807, 2.05) is 30.3 Å². The molecule has 0 fully saturated rings. The Morgan fingerprint density at radius 3 is 2.73 bits per heavy atom. The molecule has 0 aliphatic rings. The van der Waals surface area contributed by atoms with E-state index in [2.05, 4.69) is 15.6 Å². The van der Waals surface area contributed by atoms with Gasteiger partial charge in [0, 0.05) is 6.42 Å². The van der Waals surface area contributed by atoms with Crippen LogP contribution in [0.3, 0.4) is 0 Å². The molecule has 0 heterocycles. The topological polar surface area (TPSA) is 98.1 Å². The molecule has 0 radical (unpaired) electrons. The standard InChI is InChI=1S/C9H10N4O2/c10-12-13-11-8(9(14)15)6-7-4-2-1-3-5-7/h1-5,8,11H,6H2,(H,14,15)/t8-/m1/s1. The maximum absolute atomic E-state index is 10.8. The lowest BCUT2D eigenvalue weighted by atomic mass is 10.1. The van der Waals surface area contributed by atoms with Crippen LogP contribution in [0, 0.1) is 0 Å². The summed E-state index contributed by atoms with van der Waals surface area (Å²) >= 11 is 0. The lowest BCUT2D eigenvalue weighted by Crippen LogP contribution is -2.34. The van der Waals surface area contributed by atoms with Gasteiger partial charge in [0.05, 0.1) is 0 Å². The van der Waals surface area contributed by atoms with E-state index in [1.165, 1.54) is 0 Å². The highest BCUT2D eigenvalue weighted by Gasteiger charge is 2.19. The summed E-state index contributed by atoms with van der Waals surface area (Å²) in [6.45, 7) is 0. The van der Waals surface area contributed by atoms with Crippen LogP contribution in [0.15, 0.2) is 35.6 Å². The second kappa shape index (κ2) is 5.51. The Bertz CT molecular complexity index is 373. The van der Waals surface area contributed by atoms with Crippen LogP contribution in [0.2, 0.25) is 0 Å². The summed E-state index contributed by atoms with van der Waals surface area (Å²) in [5.74, 6) is -1.05. The zero-order valence-electron chi connectivity index (χ0n) is 7.87. The summed E-state index contributed by atoms with van der Waals surface area (Å²) in [4.78, 5) is 13.2. The van der Waals surface area contributed by atoms with Crippen LogP contribution in [-0.2, 0) is 11.2 Å². The fraction of sp³-hybridized carbons (Fsp3) is 0.222. The predicted molar refractivity (Wildman–Crippen MR) is 53.9 cm³/mol. The number of hydrogen-bond acceptors (Lipinski definition) is 2. The van der Waals surface area contributed by atoms with Crippen LogP contribution >= 0.6 is 0 Å². The van der Waals surface area contributed by atoms with Crippen LogP contribution in [0.5, 0.6) is 0 Å². The van der Waals surface area contributed by atoms with Crippen molar-refractivity contribution in [3.63, 3.8) is 0 Å². The van der Waals surface area contributed by atoms with Gasteiger partial charge in [0.25, 0.3) is 0 Å². The molecule has 1 aromatic rings. The Balaban J connectivity index is 2.67. The quantitative estimate of drug-likeness (QED) is 0.330. The van der Waals surface area contributed by atoms with E-state index in [-0.39, 0.29) is 6.42 Å². The molecule has 6 nitrogen and oxygen atoms in total. The number of benzene rings is 1. The number of hydrogen-bond donors (Lipinski definition) is 2. The molecule has 0 saturated heterocycles. The molecule has 0 saturated carbocycles. The van der Waals surface area contributed by atoms with Crippen LogP contribution in [0.1, 0.15) is 5.56 Å². The van der Waals surface area contributed by atoms with Gasteiger partial charge in [0.2, 0.25) is 0 Å². The number of nitrogens with zero attached hydrogens (tertiary/aromatic N) is 3. The average molecular weight is 206 g/mol. The van der Waals surface area contributed by atoms with Gasteiger partial charge in [-0.3, -0.25) is 0 Å².